The van der Waals surface area contributed by atoms with Crippen LogP contribution in [-0.4, -0.2) is 59.3 Å². The summed E-state index contributed by atoms with van der Waals surface area (Å²) in [4.78, 5) is 13.0. The minimum atomic E-state index is 0.155. The molecule has 0 aliphatic heterocycles. The first-order valence-corrected chi connectivity index (χ1v) is 8.08. The summed E-state index contributed by atoms with van der Waals surface area (Å²) in [5, 5.41) is 2.28. The smallest absolute Gasteiger partial charge is 0.162 e. The predicted molar refractivity (Wildman–Crippen MR) is 86.7 cm³/mol. The van der Waals surface area contributed by atoms with E-state index in [1.165, 1.54) is 11.4 Å². The number of carbonyl (C=O) groups excluding carboxylic acids is 1. The number of nitrogens with two attached hydrogens (primary N) is 1. The maximum Gasteiger partial charge on any atom is 0.162 e. The molecule has 0 aliphatic rings. The number of carbonyl (C=O) groups is 1. The maximum absolute atomic E-state index is 11.5. The normalized spacial score (nSPS) is 10.9. The Balaban J connectivity index is 2.04. The fourth-order valence-corrected chi connectivity index (χ4v) is 1.96. The highest BCUT2D eigenvalue weighted by atomic mass is 16.5. The molecular formula is C17H30N2O3+2. The van der Waals surface area contributed by atoms with Gasteiger partial charge in [0, 0.05) is 12.0 Å². The van der Waals surface area contributed by atoms with Gasteiger partial charge in [0.15, 0.2) is 5.78 Å². The van der Waals surface area contributed by atoms with Crippen LogP contribution >= 0.6 is 0 Å². The first-order valence-electron chi connectivity index (χ1n) is 8.08. The second-order valence-corrected chi connectivity index (χ2v) is 5.59. The van der Waals surface area contributed by atoms with Crippen LogP contribution in [0.25, 0.3) is 0 Å². The number of Topliss-reactive ketones (excluding diaryl/α,β-unsaturated/α-hetero) is 1. The summed E-state index contributed by atoms with van der Waals surface area (Å²) in [6, 6.07) is 7.29. The molecule has 0 saturated heterocycles. The van der Waals surface area contributed by atoms with Gasteiger partial charge in [-0.05, 0) is 24.3 Å². The van der Waals surface area contributed by atoms with E-state index in [4.69, 9.17) is 9.47 Å². The molecule has 1 aromatic carbocycles. The molecule has 0 atom stereocenters. The van der Waals surface area contributed by atoms with Crippen LogP contribution in [0.2, 0.25) is 0 Å². The largest absolute Gasteiger partial charge is 0.491 e. The molecule has 0 spiro atoms. The van der Waals surface area contributed by atoms with Crippen LogP contribution in [-0.2, 0) is 4.74 Å². The standard InChI is InChI=1S/C17H28N2O3/c1-4-17(20)15-5-7-16(8-6-15)22-14-13-21-12-10-18-9-11-19(2)3/h5-8,18H,4,9-14H2,1-3H3/p+2. The van der Waals surface area contributed by atoms with Crippen LogP contribution in [0.4, 0.5) is 0 Å². The zero-order valence-electron chi connectivity index (χ0n) is 14.1. The van der Waals surface area contributed by atoms with E-state index in [1.807, 2.05) is 31.2 Å². The molecule has 22 heavy (non-hydrogen) atoms. The molecule has 3 N–H and O–H groups in total. The second kappa shape index (κ2) is 11.2. The number of rotatable bonds is 12. The summed E-state index contributed by atoms with van der Waals surface area (Å²) < 4.78 is 11.1. The Morgan fingerprint density at radius 3 is 2.45 bits per heavy atom. The van der Waals surface area contributed by atoms with E-state index in [0.29, 0.717) is 19.6 Å². The van der Waals surface area contributed by atoms with Gasteiger partial charge >= 0.3 is 0 Å². The number of ketones is 1. The lowest BCUT2D eigenvalue weighted by Gasteiger charge is -2.08. The topological polar surface area (TPSA) is 56.6 Å². The Kier molecular flexibility index (Phi) is 9.46. The SMILES string of the molecule is CCC(=O)c1ccc(OCCOCC[NH2+]CC[NH+](C)C)cc1. The summed E-state index contributed by atoms with van der Waals surface area (Å²) in [6.07, 6.45) is 0.529. The average Bonchev–Trinajstić information content (AvgIpc) is 2.53. The van der Waals surface area contributed by atoms with E-state index >= 15 is 0 Å². The minimum absolute atomic E-state index is 0.155. The Hall–Kier alpha value is -1.43. The molecule has 0 aliphatic carbocycles. The van der Waals surface area contributed by atoms with Crippen molar-refractivity contribution in [3.63, 3.8) is 0 Å². The third kappa shape index (κ3) is 8.12. The zero-order chi connectivity index (χ0) is 16.2. The number of quaternary nitrogens is 2. The van der Waals surface area contributed by atoms with Crippen molar-refractivity contribution in [3.05, 3.63) is 29.8 Å². The van der Waals surface area contributed by atoms with Crippen molar-refractivity contribution >= 4 is 5.78 Å². The van der Waals surface area contributed by atoms with Crippen LogP contribution in [0, 0.1) is 0 Å². The van der Waals surface area contributed by atoms with Crippen molar-refractivity contribution in [2.24, 2.45) is 0 Å². The average molecular weight is 310 g/mol. The molecule has 0 saturated carbocycles. The van der Waals surface area contributed by atoms with Crippen molar-refractivity contribution in [1.29, 1.82) is 0 Å². The van der Waals surface area contributed by atoms with Crippen molar-refractivity contribution in [1.82, 2.24) is 0 Å². The van der Waals surface area contributed by atoms with Crippen LogP contribution in [0.3, 0.4) is 0 Å². The van der Waals surface area contributed by atoms with Crippen molar-refractivity contribution in [2.45, 2.75) is 13.3 Å². The van der Waals surface area contributed by atoms with E-state index in [1.54, 1.807) is 0 Å². The van der Waals surface area contributed by atoms with E-state index in [-0.39, 0.29) is 5.78 Å². The molecule has 124 valence electrons. The second-order valence-electron chi connectivity index (χ2n) is 5.59. The number of benzene rings is 1. The summed E-state index contributed by atoms with van der Waals surface area (Å²) in [5.41, 5.74) is 0.737. The molecule has 0 heterocycles. The van der Waals surface area contributed by atoms with Crippen LogP contribution in [0.5, 0.6) is 5.75 Å². The first-order chi connectivity index (χ1) is 10.6. The fraction of sp³-hybridized carbons (Fsp3) is 0.588. The van der Waals surface area contributed by atoms with Gasteiger partial charge in [-0.1, -0.05) is 6.92 Å². The first kappa shape index (κ1) is 18.6. The van der Waals surface area contributed by atoms with Gasteiger partial charge in [0.2, 0.25) is 0 Å². The third-order valence-electron chi connectivity index (χ3n) is 3.31. The molecule has 5 heteroatoms. The number of nitrogens with one attached hydrogen (secondary N) is 1. The van der Waals surface area contributed by atoms with Gasteiger partial charge in [0.05, 0.1) is 33.9 Å². The van der Waals surface area contributed by atoms with Crippen molar-refractivity contribution in [3.8, 4) is 5.75 Å². The highest BCUT2D eigenvalue weighted by Crippen LogP contribution is 2.13. The van der Waals surface area contributed by atoms with Gasteiger partial charge in [0.25, 0.3) is 0 Å². The monoisotopic (exact) mass is 310 g/mol. The summed E-state index contributed by atoms with van der Waals surface area (Å²) in [7, 11) is 4.32. The van der Waals surface area contributed by atoms with Crippen molar-refractivity contribution < 1.29 is 24.5 Å². The lowest BCUT2D eigenvalue weighted by molar-refractivity contribution is -0.874. The molecule has 1 aromatic rings. The molecule has 0 amide bonds. The molecule has 1 rings (SSSR count). The lowest BCUT2D eigenvalue weighted by Crippen LogP contribution is -3.09. The molecular weight excluding hydrogens is 280 g/mol. The number of likely N-dealkylation sites (N-methyl/N-ethyl adjacent to an activating group) is 1. The maximum atomic E-state index is 11.5. The fourth-order valence-electron chi connectivity index (χ4n) is 1.96. The number of hydrogen-bond donors (Lipinski definition) is 2. The van der Waals surface area contributed by atoms with Gasteiger partial charge in [-0.25, -0.2) is 0 Å². The van der Waals surface area contributed by atoms with Crippen LogP contribution in [0.1, 0.15) is 23.7 Å². The quantitative estimate of drug-likeness (QED) is 0.400. The Bertz CT molecular complexity index is 418. The van der Waals surface area contributed by atoms with E-state index < -0.39 is 0 Å². The Morgan fingerprint density at radius 1 is 1.09 bits per heavy atom. The summed E-state index contributed by atoms with van der Waals surface area (Å²) in [5.74, 6) is 0.929. The van der Waals surface area contributed by atoms with Gasteiger partial charge < -0.3 is 19.7 Å². The number of ether oxygens (including phenoxy) is 2. The van der Waals surface area contributed by atoms with Gasteiger partial charge in [0.1, 0.15) is 25.4 Å². The molecule has 0 aromatic heterocycles. The van der Waals surface area contributed by atoms with Crippen LogP contribution < -0.4 is 15.0 Å². The summed E-state index contributed by atoms with van der Waals surface area (Å²) in [6.45, 7) is 7.01. The predicted octanol–water partition coefficient (Wildman–Crippen LogP) is -0.617. The molecule has 0 bridgehead atoms. The summed E-state index contributed by atoms with van der Waals surface area (Å²) >= 11 is 0. The Labute approximate surface area is 133 Å². The van der Waals surface area contributed by atoms with Crippen LogP contribution in [0.15, 0.2) is 24.3 Å². The van der Waals surface area contributed by atoms with E-state index in [2.05, 4.69) is 19.4 Å². The van der Waals surface area contributed by atoms with Gasteiger partial charge in [-0.2, -0.15) is 0 Å². The minimum Gasteiger partial charge on any atom is -0.491 e. The van der Waals surface area contributed by atoms with Gasteiger partial charge in [-0.15, -0.1) is 0 Å². The number of hydrogen-bond acceptors (Lipinski definition) is 3. The van der Waals surface area contributed by atoms with E-state index in [0.717, 1.165) is 31.0 Å². The lowest BCUT2D eigenvalue weighted by atomic mass is 10.1. The molecule has 0 radical (unpaired) electrons. The Morgan fingerprint density at radius 2 is 1.82 bits per heavy atom. The third-order valence-corrected chi connectivity index (χ3v) is 3.31. The zero-order valence-corrected chi connectivity index (χ0v) is 14.1. The molecule has 5 nitrogen and oxygen atoms in total. The van der Waals surface area contributed by atoms with Crippen molar-refractivity contribution in [2.75, 3.05) is 53.6 Å². The highest BCUT2D eigenvalue weighted by molar-refractivity contribution is 5.95. The van der Waals surface area contributed by atoms with E-state index in [9.17, 15) is 4.79 Å². The molecule has 0 unspecified atom stereocenters. The highest BCUT2D eigenvalue weighted by Gasteiger charge is 2.02. The van der Waals surface area contributed by atoms with Gasteiger partial charge in [-0.3, -0.25) is 4.79 Å². The molecule has 0 fully saturated rings.